The normalized spacial score (nSPS) is 31.6. The van der Waals surface area contributed by atoms with E-state index < -0.39 is 11.8 Å². The van der Waals surface area contributed by atoms with Crippen molar-refractivity contribution < 1.29 is 9.59 Å². The third-order valence-corrected chi connectivity index (χ3v) is 1.52. The van der Waals surface area contributed by atoms with Gasteiger partial charge >= 0.3 is 0 Å². The van der Waals surface area contributed by atoms with Crippen molar-refractivity contribution in [2.45, 2.75) is 6.42 Å². The summed E-state index contributed by atoms with van der Waals surface area (Å²) in [6.45, 7) is 0. The van der Waals surface area contributed by atoms with Crippen molar-refractivity contribution in [3.63, 3.8) is 0 Å². The van der Waals surface area contributed by atoms with Gasteiger partial charge in [-0.25, -0.2) is 0 Å². The Morgan fingerprint density at radius 1 is 1.11 bits per heavy atom. The maximum atomic E-state index is 10.3. The summed E-state index contributed by atoms with van der Waals surface area (Å²) in [5.74, 6) is -1.39. The fraction of sp³-hybridized carbons (Fsp3) is 0.600. The molecule has 1 saturated carbocycles. The first kappa shape index (κ1) is 6.07. The second-order valence-corrected chi connectivity index (χ2v) is 2.25. The highest BCUT2D eigenvalue weighted by Gasteiger charge is 2.45. The Kier molecular flexibility index (Phi) is 1.16. The number of carbonyl (C=O) groups excluding carboxylic acids is 2. The standard InChI is InChI=1S/C5H8N2O2/c6-4(8)2-1-3(2)5(7)9/h2-3H,1H2,(H2,6,8)(H2,7,9). The lowest BCUT2D eigenvalue weighted by Crippen LogP contribution is -2.20. The molecule has 1 aliphatic carbocycles. The lowest BCUT2D eigenvalue weighted by Gasteiger charge is -1.86. The van der Waals surface area contributed by atoms with Crippen LogP contribution in [-0.4, -0.2) is 11.8 Å². The molecule has 1 aliphatic rings. The van der Waals surface area contributed by atoms with Crippen molar-refractivity contribution in [1.29, 1.82) is 0 Å². The molecule has 1 rings (SSSR count). The summed E-state index contributed by atoms with van der Waals surface area (Å²) < 4.78 is 0. The number of rotatable bonds is 2. The van der Waals surface area contributed by atoms with E-state index in [0.29, 0.717) is 6.42 Å². The van der Waals surface area contributed by atoms with Gasteiger partial charge in [-0.1, -0.05) is 0 Å². The first-order valence-electron chi connectivity index (χ1n) is 2.71. The van der Waals surface area contributed by atoms with Crippen molar-refractivity contribution >= 4 is 11.8 Å². The summed E-state index contributed by atoms with van der Waals surface area (Å²) in [7, 11) is 0. The molecular formula is C5H8N2O2. The van der Waals surface area contributed by atoms with E-state index >= 15 is 0 Å². The van der Waals surface area contributed by atoms with Crippen LogP contribution in [0.5, 0.6) is 0 Å². The van der Waals surface area contributed by atoms with Gasteiger partial charge in [0, 0.05) is 0 Å². The second-order valence-electron chi connectivity index (χ2n) is 2.25. The average Bonchev–Trinajstić information content (AvgIpc) is 2.39. The molecule has 4 heteroatoms. The van der Waals surface area contributed by atoms with Gasteiger partial charge in [0.05, 0.1) is 11.8 Å². The van der Waals surface area contributed by atoms with Crippen molar-refractivity contribution in [3.8, 4) is 0 Å². The quantitative estimate of drug-likeness (QED) is 0.478. The third-order valence-electron chi connectivity index (χ3n) is 1.52. The maximum absolute atomic E-state index is 10.3. The van der Waals surface area contributed by atoms with Gasteiger partial charge < -0.3 is 11.5 Å². The van der Waals surface area contributed by atoms with Crippen molar-refractivity contribution in [2.75, 3.05) is 0 Å². The predicted molar refractivity (Wildman–Crippen MR) is 30.0 cm³/mol. The molecule has 0 aliphatic heterocycles. The summed E-state index contributed by atoms with van der Waals surface area (Å²) in [4.78, 5) is 20.6. The van der Waals surface area contributed by atoms with E-state index in [-0.39, 0.29) is 11.8 Å². The number of amides is 2. The summed E-state index contributed by atoms with van der Waals surface area (Å²) in [6.07, 6.45) is 0.546. The van der Waals surface area contributed by atoms with Crippen molar-refractivity contribution in [3.05, 3.63) is 0 Å². The highest BCUT2D eigenvalue weighted by atomic mass is 16.2. The molecule has 0 spiro atoms. The van der Waals surface area contributed by atoms with E-state index in [2.05, 4.69) is 0 Å². The highest BCUT2D eigenvalue weighted by Crippen LogP contribution is 2.37. The van der Waals surface area contributed by atoms with Gasteiger partial charge in [0.1, 0.15) is 0 Å². The van der Waals surface area contributed by atoms with Crippen LogP contribution in [0.4, 0.5) is 0 Å². The van der Waals surface area contributed by atoms with Crippen LogP contribution in [0.15, 0.2) is 0 Å². The fourth-order valence-electron chi connectivity index (χ4n) is 0.824. The van der Waals surface area contributed by atoms with Gasteiger partial charge in [-0.3, -0.25) is 9.59 Å². The monoisotopic (exact) mass is 128 g/mol. The molecule has 0 radical (unpaired) electrons. The van der Waals surface area contributed by atoms with Gasteiger partial charge in [-0.05, 0) is 6.42 Å². The molecule has 2 unspecified atom stereocenters. The molecule has 0 aromatic rings. The third kappa shape index (κ3) is 1.01. The summed E-state index contributed by atoms with van der Waals surface area (Å²) in [5, 5.41) is 0. The molecule has 0 saturated heterocycles. The van der Waals surface area contributed by atoms with Crippen LogP contribution in [0, 0.1) is 11.8 Å². The van der Waals surface area contributed by atoms with Gasteiger partial charge in [0.25, 0.3) is 0 Å². The van der Waals surface area contributed by atoms with Crippen LogP contribution < -0.4 is 11.5 Å². The van der Waals surface area contributed by atoms with E-state index in [1.54, 1.807) is 0 Å². The lowest BCUT2D eigenvalue weighted by molar-refractivity contribution is -0.124. The average molecular weight is 128 g/mol. The van der Waals surface area contributed by atoms with Crippen LogP contribution in [0.1, 0.15) is 6.42 Å². The Hall–Kier alpha value is -1.06. The van der Waals surface area contributed by atoms with Crippen molar-refractivity contribution in [1.82, 2.24) is 0 Å². The molecule has 0 bridgehead atoms. The molecule has 4 nitrogen and oxygen atoms in total. The Morgan fingerprint density at radius 2 is 1.44 bits per heavy atom. The lowest BCUT2D eigenvalue weighted by atomic mass is 10.3. The number of hydrogen-bond donors (Lipinski definition) is 2. The van der Waals surface area contributed by atoms with Gasteiger partial charge in [-0.2, -0.15) is 0 Å². The minimum absolute atomic E-state index is 0.275. The summed E-state index contributed by atoms with van der Waals surface area (Å²) >= 11 is 0. The van der Waals surface area contributed by atoms with Crippen LogP contribution in [0.2, 0.25) is 0 Å². The SMILES string of the molecule is NC(=O)C1CC1C(N)=O. The molecular weight excluding hydrogens is 120 g/mol. The summed E-state index contributed by atoms with van der Waals surface area (Å²) in [5.41, 5.74) is 9.76. The maximum Gasteiger partial charge on any atom is 0.221 e. The first-order chi connectivity index (χ1) is 4.13. The zero-order valence-electron chi connectivity index (χ0n) is 4.83. The zero-order chi connectivity index (χ0) is 7.02. The van der Waals surface area contributed by atoms with Crippen LogP contribution in [0.3, 0.4) is 0 Å². The van der Waals surface area contributed by atoms with E-state index in [1.165, 1.54) is 0 Å². The molecule has 0 aromatic heterocycles. The second kappa shape index (κ2) is 1.72. The van der Waals surface area contributed by atoms with E-state index in [4.69, 9.17) is 11.5 Å². The highest BCUT2D eigenvalue weighted by molar-refractivity contribution is 5.90. The van der Waals surface area contributed by atoms with Crippen LogP contribution in [-0.2, 0) is 9.59 Å². The number of hydrogen-bond acceptors (Lipinski definition) is 2. The minimum Gasteiger partial charge on any atom is -0.369 e. The van der Waals surface area contributed by atoms with Gasteiger partial charge in [0.15, 0.2) is 0 Å². The Balaban J connectivity index is 2.42. The number of nitrogens with two attached hydrogens (primary N) is 2. The molecule has 9 heavy (non-hydrogen) atoms. The van der Waals surface area contributed by atoms with E-state index in [0.717, 1.165) is 0 Å². The van der Waals surface area contributed by atoms with E-state index in [9.17, 15) is 9.59 Å². The molecule has 0 aromatic carbocycles. The van der Waals surface area contributed by atoms with Crippen molar-refractivity contribution in [2.24, 2.45) is 23.3 Å². The topological polar surface area (TPSA) is 86.2 Å². The zero-order valence-corrected chi connectivity index (χ0v) is 4.83. The molecule has 2 atom stereocenters. The smallest absolute Gasteiger partial charge is 0.221 e. The molecule has 1 fully saturated rings. The number of carbonyl (C=O) groups is 2. The Labute approximate surface area is 52.2 Å². The van der Waals surface area contributed by atoms with Gasteiger partial charge in [0.2, 0.25) is 11.8 Å². The van der Waals surface area contributed by atoms with Gasteiger partial charge in [-0.15, -0.1) is 0 Å². The fourth-order valence-corrected chi connectivity index (χ4v) is 0.824. The van der Waals surface area contributed by atoms with E-state index in [1.807, 2.05) is 0 Å². The Bertz CT molecular complexity index is 148. The largest absolute Gasteiger partial charge is 0.369 e. The number of primary amides is 2. The van der Waals surface area contributed by atoms with Crippen LogP contribution >= 0.6 is 0 Å². The Morgan fingerprint density at radius 3 is 1.56 bits per heavy atom. The molecule has 0 heterocycles. The molecule has 2 amide bonds. The first-order valence-corrected chi connectivity index (χ1v) is 2.71. The predicted octanol–water partition coefficient (Wildman–Crippen LogP) is -1.41. The molecule has 4 N–H and O–H groups in total. The minimum atomic E-state index is -0.418. The van der Waals surface area contributed by atoms with Crippen LogP contribution in [0.25, 0.3) is 0 Å². The molecule has 50 valence electrons. The summed E-state index contributed by atoms with van der Waals surface area (Å²) in [6, 6.07) is 0.